The van der Waals surface area contributed by atoms with E-state index in [1.807, 2.05) is 6.07 Å². The monoisotopic (exact) mass is 344 g/mol. The smallest absolute Gasteiger partial charge is 0.308 e. The van der Waals surface area contributed by atoms with Gasteiger partial charge in [0.15, 0.2) is 0 Å². The van der Waals surface area contributed by atoms with Crippen molar-refractivity contribution in [1.29, 1.82) is 0 Å². The molecular formula is C16H20N6O3. The standard InChI is InChI=1S/C16H20N6O3/c1-25-15(24)12-5-7-21(8-6-12)16-18-19-20-22(16)10-11-3-2-4-13(9-11)14(17)23/h2-4,9,12H,5-8,10H2,1H3,(H2,17,23). The molecular weight excluding hydrogens is 324 g/mol. The summed E-state index contributed by atoms with van der Waals surface area (Å²) in [6.07, 6.45) is 1.41. The van der Waals surface area contributed by atoms with Crippen molar-refractivity contribution in [3.8, 4) is 0 Å². The Bertz CT molecular complexity index is 767. The highest BCUT2D eigenvalue weighted by molar-refractivity contribution is 5.92. The molecule has 2 aromatic rings. The van der Waals surface area contributed by atoms with Gasteiger partial charge in [-0.15, -0.1) is 0 Å². The minimum Gasteiger partial charge on any atom is -0.469 e. The first-order chi connectivity index (χ1) is 12.1. The first kappa shape index (κ1) is 16.9. The third kappa shape index (κ3) is 3.76. The van der Waals surface area contributed by atoms with E-state index >= 15 is 0 Å². The molecule has 1 aromatic heterocycles. The number of ether oxygens (including phenoxy) is 1. The molecule has 1 saturated heterocycles. The predicted octanol–water partition coefficient (Wildman–Crippen LogP) is 0.210. The van der Waals surface area contributed by atoms with Gasteiger partial charge in [0, 0.05) is 18.7 Å². The van der Waals surface area contributed by atoms with Crippen LogP contribution in [-0.4, -0.2) is 52.3 Å². The van der Waals surface area contributed by atoms with E-state index in [2.05, 4.69) is 20.4 Å². The molecule has 1 fully saturated rings. The number of hydrogen-bond donors (Lipinski definition) is 1. The highest BCUT2D eigenvalue weighted by atomic mass is 16.5. The van der Waals surface area contributed by atoms with E-state index < -0.39 is 5.91 Å². The fourth-order valence-electron chi connectivity index (χ4n) is 3.01. The molecule has 0 radical (unpaired) electrons. The summed E-state index contributed by atoms with van der Waals surface area (Å²) in [5, 5.41) is 11.9. The van der Waals surface area contributed by atoms with Gasteiger partial charge in [0.25, 0.3) is 0 Å². The highest BCUT2D eigenvalue weighted by Gasteiger charge is 2.28. The van der Waals surface area contributed by atoms with Crippen molar-refractivity contribution in [2.45, 2.75) is 19.4 Å². The number of nitrogens with zero attached hydrogens (tertiary/aromatic N) is 5. The van der Waals surface area contributed by atoms with Crippen molar-refractivity contribution in [2.75, 3.05) is 25.1 Å². The lowest BCUT2D eigenvalue weighted by atomic mass is 9.97. The van der Waals surface area contributed by atoms with Crippen molar-refractivity contribution < 1.29 is 14.3 Å². The molecule has 9 heteroatoms. The van der Waals surface area contributed by atoms with Gasteiger partial charge in [-0.3, -0.25) is 9.59 Å². The minimum absolute atomic E-state index is 0.0715. The fourth-order valence-corrected chi connectivity index (χ4v) is 3.01. The maximum atomic E-state index is 11.6. The van der Waals surface area contributed by atoms with Gasteiger partial charge in [-0.1, -0.05) is 17.2 Å². The summed E-state index contributed by atoms with van der Waals surface area (Å²) in [5.41, 5.74) is 6.65. The van der Waals surface area contributed by atoms with E-state index in [0.717, 1.165) is 5.56 Å². The fraction of sp³-hybridized carbons (Fsp3) is 0.438. The summed E-state index contributed by atoms with van der Waals surface area (Å²) in [5.74, 6) is -0.0585. The summed E-state index contributed by atoms with van der Waals surface area (Å²) in [6.45, 7) is 1.79. The van der Waals surface area contributed by atoms with Gasteiger partial charge in [-0.25, -0.2) is 4.68 Å². The lowest BCUT2D eigenvalue weighted by Gasteiger charge is -2.30. The Morgan fingerprint density at radius 2 is 2.08 bits per heavy atom. The van der Waals surface area contributed by atoms with Crippen LogP contribution in [0.5, 0.6) is 0 Å². The number of aromatic nitrogens is 4. The lowest BCUT2D eigenvalue weighted by Crippen LogP contribution is -2.38. The number of tetrazole rings is 1. The van der Waals surface area contributed by atoms with Crippen LogP contribution in [-0.2, 0) is 16.1 Å². The molecule has 132 valence electrons. The molecule has 1 aliphatic heterocycles. The highest BCUT2D eigenvalue weighted by Crippen LogP contribution is 2.22. The van der Waals surface area contributed by atoms with Gasteiger partial charge in [0.1, 0.15) is 0 Å². The van der Waals surface area contributed by atoms with E-state index in [9.17, 15) is 9.59 Å². The Kier molecular flexibility index (Phi) is 4.92. The van der Waals surface area contributed by atoms with Crippen LogP contribution in [0.15, 0.2) is 24.3 Å². The van der Waals surface area contributed by atoms with E-state index in [4.69, 9.17) is 10.5 Å². The number of carbonyl (C=O) groups is 2. The second kappa shape index (κ2) is 7.29. The van der Waals surface area contributed by atoms with Crippen LogP contribution in [0.25, 0.3) is 0 Å². The summed E-state index contributed by atoms with van der Waals surface area (Å²) in [7, 11) is 1.41. The number of carbonyl (C=O) groups excluding carboxylic acids is 2. The first-order valence-corrected chi connectivity index (χ1v) is 8.06. The number of amides is 1. The van der Waals surface area contributed by atoms with E-state index in [1.165, 1.54) is 7.11 Å². The predicted molar refractivity (Wildman–Crippen MR) is 88.8 cm³/mol. The van der Waals surface area contributed by atoms with Gasteiger partial charge in [0.2, 0.25) is 11.9 Å². The minimum atomic E-state index is -0.469. The molecule has 25 heavy (non-hydrogen) atoms. The van der Waals surface area contributed by atoms with Crippen LogP contribution in [0, 0.1) is 5.92 Å². The van der Waals surface area contributed by atoms with Crippen LogP contribution < -0.4 is 10.6 Å². The molecule has 9 nitrogen and oxygen atoms in total. The molecule has 2 heterocycles. The molecule has 0 atom stereocenters. The molecule has 3 rings (SSSR count). The third-order valence-corrected chi connectivity index (χ3v) is 4.37. The number of nitrogens with two attached hydrogens (primary N) is 1. The summed E-state index contributed by atoms with van der Waals surface area (Å²) in [6, 6.07) is 7.07. The van der Waals surface area contributed by atoms with Crippen LogP contribution >= 0.6 is 0 Å². The SMILES string of the molecule is COC(=O)C1CCN(c2nnnn2Cc2cccc(C(N)=O)c2)CC1. The van der Waals surface area contributed by atoms with Gasteiger partial charge in [0.05, 0.1) is 19.6 Å². The van der Waals surface area contributed by atoms with Crippen LogP contribution in [0.1, 0.15) is 28.8 Å². The van der Waals surface area contributed by atoms with Gasteiger partial charge < -0.3 is 15.4 Å². The largest absolute Gasteiger partial charge is 0.469 e. The van der Waals surface area contributed by atoms with Crippen LogP contribution in [0.3, 0.4) is 0 Å². The number of piperidine rings is 1. The van der Waals surface area contributed by atoms with Gasteiger partial charge >= 0.3 is 5.97 Å². The number of primary amides is 1. The summed E-state index contributed by atoms with van der Waals surface area (Å²) < 4.78 is 6.49. The normalized spacial score (nSPS) is 15.2. The Morgan fingerprint density at radius 3 is 2.76 bits per heavy atom. The Balaban J connectivity index is 1.70. The van der Waals surface area contributed by atoms with Gasteiger partial charge in [-0.2, -0.15) is 0 Å². The Labute approximate surface area is 144 Å². The average Bonchev–Trinajstić information content (AvgIpc) is 3.09. The second-order valence-electron chi connectivity index (χ2n) is 5.99. The van der Waals surface area contributed by atoms with Crippen molar-refractivity contribution in [3.05, 3.63) is 35.4 Å². The Morgan fingerprint density at radius 1 is 1.32 bits per heavy atom. The molecule has 0 saturated carbocycles. The lowest BCUT2D eigenvalue weighted by molar-refractivity contribution is -0.146. The topological polar surface area (TPSA) is 116 Å². The molecule has 0 spiro atoms. The quantitative estimate of drug-likeness (QED) is 0.771. The second-order valence-corrected chi connectivity index (χ2v) is 5.99. The molecule has 0 bridgehead atoms. The molecule has 0 unspecified atom stereocenters. The van der Waals surface area contributed by atoms with E-state index in [1.54, 1.807) is 22.9 Å². The number of benzene rings is 1. The maximum Gasteiger partial charge on any atom is 0.308 e. The van der Waals surface area contributed by atoms with Crippen molar-refractivity contribution >= 4 is 17.8 Å². The maximum absolute atomic E-state index is 11.6. The molecule has 0 aliphatic carbocycles. The molecule has 2 N–H and O–H groups in total. The number of methoxy groups -OCH3 is 1. The van der Waals surface area contributed by atoms with Gasteiger partial charge in [-0.05, 0) is 41.0 Å². The number of hydrogen-bond acceptors (Lipinski definition) is 7. The van der Waals surface area contributed by atoms with Crippen LogP contribution in [0.4, 0.5) is 5.95 Å². The average molecular weight is 344 g/mol. The van der Waals surface area contributed by atoms with Crippen molar-refractivity contribution in [3.63, 3.8) is 0 Å². The van der Waals surface area contributed by atoms with Crippen molar-refractivity contribution in [2.24, 2.45) is 11.7 Å². The Hall–Kier alpha value is -2.97. The first-order valence-electron chi connectivity index (χ1n) is 8.06. The molecule has 1 aliphatic rings. The van der Waals surface area contributed by atoms with E-state index in [-0.39, 0.29) is 11.9 Å². The van der Waals surface area contributed by atoms with Crippen LogP contribution in [0.2, 0.25) is 0 Å². The molecule has 1 aromatic carbocycles. The zero-order chi connectivity index (χ0) is 17.8. The zero-order valence-electron chi connectivity index (χ0n) is 14.0. The molecule has 1 amide bonds. The summed E-state index contributed by atoms with van der Waals surface area (Å²) in [4.78, 5) is 25.0. The third-order valence-electron chi connectivity index (χ3n) is 4.37. The number of rotatable bonds is 5. The van der Waals surface area contributed by atoms with E-state index in [0.29, 0.717) is 44.0 Å². The van der Waals surface area contributed by atoms with Crippen molar-refractivity contribution in [1.82, 2.24) is 20.2 Å². The zero-order valence-corrected chi connectivity index (χ0v) is 14.0. The number of anilines is 1. The number of esters is 1. The summed E-state index contributed by atoms with van der Waals surface area (Å²) >= 11 is 0.